The van der Waals surface area contributed by atoms with E-state index >= 15 is 0 Å². The Balaban J connectivity index is 1.14. The zero-order valence-corrected chi connectivity index (χ0v) is 30.3. The van der Waals surface area contributed by atoms with Gasteiger partial charge in [0, 0.05) is 57.6 Å². The third-order valence-electron chi connectivity index (χ3n) is 11.5. The Morgan fingerprint density at radius 3 is 1.55 bits per heavy atom. The van der Waals surface area contributed by atoms with Gasteiger partial charge in [-0.2, -0.15) is 0 Å². The van der Waals surface area contributed by atoms with Crippen molar-refractivity contribution in [2.75, 3.05) is 4.90 Å². The molecule has 56 heavy (non-hydrogen) atoms. The van der Waals surface area contributed by atoms with E-state index in [2.05, 4.69) is 219 Å². The molecule has 0 N–H and O–H groups in total. The van der Waals surface area contributed by atoms with Gasteiger partial charge in [0.2, 0.25) is 0 Å². The number of para-hydroxylation sites is 2. The van der Waals surface area contributed by atoms with Crippen molar-refractivity contribution in [2.24, 2.45) is 0 Å². The van der Waals surface area contributed by atoms with Crippen LogP contribution in [0.1, 0.15) is 0 Å². The van der Waals surface area contributed by atoms with E-state index in [4.69, 9.17) is 4.74 Å². The number of ether oxygens (including phenoxy) is 1. The van der Waals surface area contributed by atoms with Crippen LogP contribution < -0.4 is 15.1 Å². The molecule has 2 aliphatic heterocycles. The van der Waals surface area contributed by atoms with Crippen LogP contribution in [0.25, 0.3) is 60.9 Å². The largest absolute Gasteiger partial charge is 0.442 e. The molecule has 7 aromatic carbocycles. The van der Waals surface area contributed by atoms with E-state index in [1.54, 1.807) is 0 Å². The Bertz CT molecular complexity index is 3050. The van der Waals surface area contributed by atoms with Crippen LogP contribution in [-0.4, -0.2) is 20.5 Å². The molecule has 12 rings (SSSR count). The van der Waals surface area contributed by atoms with Crippen molar-refractivity contribution in [3.63, 3.8) is 0 Å². The second-order valence-electron chi connectivity index (χ2n) is 14.7. The summed E-state index contributed by atoms with van der Waals surface area (Å²) in [5.41, 5.74) is 13.6. The fourth-order valence-corrected chi connectivity index (χ4v) is 8.96. The van der Waals surface area contributed by atoms with E-state index in [-0.39, 0.29) is 6.98 Å². The smallest absolute Gasteiger partial charge is 0.429 e. The minimum Gasteiger partial charge on any atom is -0.442 e. The molecule has 2 aliphatic rings. The summed E-state index contributed by atoms with van der Waals surface area (Å²) in [6, 6.07) is 67.3. The van der Waals surface area contributed by atoms with Crippen molar-refractivity contribution < 1.29 is 4.74 Å². The Kier molecular flexibility index (Phi) is 6.66. The minimum absolute atomic E-state index is 0.180. The molecular weight excluding hydrogens is 683 g/mol. The molecule has 0 saturated carbocycles. The van der Waals surface area contributed by atoms with Crippen LogP contribution in [0.4, 0.5) is 17.2 Å². The quantitative estimate of drug-likeness (QED) is 0.166. The molecule has 6 heteroatoms. The van der Waals surface area contributed by atoms with Crippen LogP contribution in [-0.2, 0) is 0 Å². The van der Waals surface area contributed by atoms with Crippen LogP contribution in [0, 0.1) is 0 Å². The molecule has 0 amide bonds. The van der Waals surface area contributed by atoms with Gasteiger partial charge in [-0.15, -0.1) is 0 Å². The first-order valence-electron chi connectivity index (χ1n) is 19.1. The molecule has 0 bridgehead atoms. The number of benzene rings is 7. The number of hydrogen-bond acceptors (Lipinski definition) is 2. The maximum Gasteiger partial charge on any atom is 0.429 e. The lowest BCUT2D eigenvalue weighted by molar-refractivity contribution is 0.453. The highest BCUT2D eigenvalue weighted by molar-refractivity contribution is 6.74. The molecule has 0 unspecified atom stereocenters. The number of aromatic nitrogens is 3. The van der Waals surface area contributed by atoms with Crippen molar-refractivity contribution in [3.05, 3.63) is 200 Å². The van der Waals surface area contributed by atoms with E-state index < -0.39 is 0 Å². The van der Waals surface area contributed by atoms with E-state index in [9.17, 15) is 0 Å². The van der Waals surface area contributed by atoms with Gasteiger partial charge in [-0.3, -0.25) is 4.90 Å². The predicted molar refractivity (Wildman–Crippen MR) is 230 cm³/mol. The fourth-order valence-electron chi connectivity index (χ4n) is 8.96. The summed E-state index contributed by atoms with van der Waals surface area (Å²) in [6.07, 6.45) is 4.56. The first-order chi connectivity index (χ1) is 27.8. The number of anilines is 3. The highest BCUT2D eigenvalue weighted by Crippen LogP contribution is 2.47. The van der Waals surface area contributed by atoms with Crippen LogP contribution in [0.3, 0.4) is 0 Å². The number of rotatable bonds is 5. The average Bonchev–Trinajstić information content (AvgIpc) is 3.99. The lowest BCUT2D eigenvalue weighted by Gasteiger charge is -2.39. The zero-order chi connectivity index (χ0) is 36.7. The normalized spacial score (nSPS) is 12.7. The Morgan fingerprint density at radius 1 is 0.411 bits per heavy atom. The number of fused-ring (bicyclic) bond motifs is 7. The summed E-state index contributed by atoms with van der Waals surface area (Å²) in [4.78, 5) is 2.42. The Hall–Kier alpha value is -7.44. The number of hydrogen-bond donors (Lipinski definition) is 0. The summed E-state index contributed by atoms with van der Waals surface area (Å²) >= 11 is 0. The summed E-state index contributed by atoms with van der Waals surface area (Å²) in [7, 11) is 0. The van der Waals surface area contributed by atoms with Gasteiger partial charge in [0.25, 0.3) is 0 Å². The van der Waals surface area contributed by atoms with Gasteiger partial charge in [-0.1, -0.05) is 140 Å². The van der Waals surface area contributed by atoms with E-state index in [0.717, 1.165) is 67.7 Å². The van der Waals surface area contributed by atoms with E-state index in [1.165, 1.54) is 27.5 Å². The molecular formula is C50H33BN4O. The van der Waals surface area contributed by atoms with Crippen LogP contribution in [0.5, 0.6) is 11.6 Å². The molecule has 0 aliphatic carbocycles. The lowest BCUT2D eigenvalue weighted by Crippen LogP contribution is -2.52. The molecule has 0 saturated heterocycles. The molecule has 0 radical (unpaired) electrons. The summed E-state index contributed by atoms with van der Waals surface area (Å²) < 4.78 is 14.2. The first kappa shape index (κ1) is 31.0. The van der Waals surface area contributed by atoms with E-state index in [1.807, 2.05) is 0 Å². The van der Waals surface area contributed by atoms with Gasteiger partial charge in [0.15, 0.2) is 5.88 Å². The maximum absolute atomic E-state index is 7.07. The van der Waals surface area contributed by atoms with Crippen LogP contribution in [0.15, 0.2) is 200 Å². The van der Waals surface area contributed by atoms with Crippen molar-refractivity contribution in [3.8, 4) is 50.7 Å². The van der Waals surface area contributed by atoms with Gasteiger partial charge in [-0.25, -0.2) is 0 Å². The second kappa shape index (κ2) is 12.0. The van der Waals surface area contributed by atoms with Gasteiger partial charge < -0.3 is 18.3 Å². The predicted octanol–water partition coefficient (Wildman–Crippen LogP) is 12.1. The van der Waals surface area contributed by atoms with Crippen molar-refractivity contribution in [1.82, 2.24) is 13.5 Å². The molecule has 5 heterocycles. The monoisotopic (exact) mass is 716 g/mol. The molecule has 0 spiro atoms. The Morgan fingerprint density at radius 2 is 0.929 bits per heavy atom. The summed E-state index contributed by atoms with van der Waals surface area (Å²) in [5, 5.41) is 2.45. The third-order valence-corrected chi connectivity index (χ3v) is 11.5. The molecule has 5 nitrogen and oxygen atoms in total. The van der Waals surface area contributed by atoms with Crippen LogP contribution >= 0.6 is 0 Å². The SMILES string of the molecule is c1ccc(-c2ccc(N3c4cc(-n5c6ccccc6c6ccccc65)cc5c4B(n4cc(-c6ccccc6)cc4O5)n4cc(-c5ccccc5)cc43)cc2)cc1. The van der Waals surface area contributed by atoms with Crippen molar-refractivity contribution >= 4 is 51.4 Å². The zero-order valence-electron chi connectivity index (χ0n) is 30.3. The second-order valence-corrected chi connectivity index (χ2v) is 14.7. The van der Waals surface area contributed by atoms with Crippen molar-refractivity contribution in [1.29, 1.82) is 0 Å². The molecule has 3 aromatic heterocycles. The topological polar surface area (TPSA) is 27.3 Å². The van der Waals surface area contributed by atoms with Gasteiger partial charge in [-0.05, 0) is 58.7 Å². The summed E-state index contributed by atoms with van der Waals surface area (Å²) in [5.74, 6) is 2.75. The highest BCUT2D eigenvalue weighted by atomic mass is 16.5. The molecule has 0 fully saturated rings. The van der Waals surface area contributed by atoms with Gasteiger partial charge in [0.05, 0.1) is 22.4 Å². The van der Waals surface area contributed by atoms with Crippen molar-refractivity contribution in [2.45, 2.75) is 0 Å². The number of nitrogens with zero attached hydrogens (tertiary/aromatic N) is 4. The lowest BCUT2D eigenvalue weighted by atomic mass is 9.63. The average molecular weight is 717 g/mol. The standard InChI is InChI=1S/C50H33BN4O/c1-4-14-34(15-5-1)37-24-26-40(27-25-37)55-46-30-41(54-44-22-12-10-20-42(44)43-21-11-13-23-45(43)54)31-47-50(46)51(52-32-38(28-48(52)55)35-16-6-2-7-17-35)53-33-39(29-49(53)56-47)36-18-8-3-9-19-36/h1-33H. The fraction of sp³-hybridized carbons (Fsp3) is 0. The maximum atomic E-state index is 7.07. The minimum atomic E-state index is -0.180. The van der Waals surface area contributed by atoms with Gasteiger partial charge >= 0.3 is 6.98 Å². The van der Waals surface area contributed by atoms with E-state index in [0.29, 0.717) is 0 Å². The third kappa shape index (κ3) is 4.63. The Labute approximate surface area is 324 Å². The first-order valence-corrected chi connectivity index (χ1v) is 19.1. The molecule has 262 valence electrons. The summed E-state index contributed by atoms with van der Waals surface area (Å²) in [6.45, 7) is -0.180. The molecule has 10 aromatic rings. The highest BCUT2D eigenvalue weighted by Gasteiger charge is 2.44. The van der Waals surface area contributed by atoms with Crippen LogP contribution in [0.2, 0.25) is 0 Å². The molecule has 0 atom stereocenters. The van der Waals surface area contributed by atoms with Gasteiger partial charge in [0.1, 0.15) is 11.6 Å².